The Hall–Kier alpha value is -2.70. The summed E-state index contributed by atoms with van der Waals surface area (Å²) in [4.78, 5) is 12.5. The number of amides is 1. The quantitative estimate of drug-likeness (QED) is 0.640. The van der Waals surface area contributed by atoms with Gasteiger partial charge in [-0.25, -0.2) is 4.39 Å². The topological polar surface area (TPSA) is 70.6 Å². The molecule has 0 heterocycles. The van der Waals surface area contributed by atoms with Gasteiger partial charge in [0.2, 0.25) is 5.91 Å². The van der Waals surface area contributed by atoms with Gasteiger partial charge in [-0.05, 0) is 48.7 Å². The van der Waals surface area contributed by atoms with E-state index in [1.165, 1.54) is 12.1 Å². The van der Waals surface area contributed by atoms with Crippen LogP contribution in [0.1, 0.15) is 24.0 Å². The molecule has 0 aliphatic heterocycles. The normalized spacial score (nSPS) is 18.8. The molecule has 2 aromatic carbocycles. The number of hydrogen-bond acceptors (Lipinski definition) is 4. The van der Waals surface area contributed by atoms with Gasteiger partial charge in [0.05, 0.1) is 6.61 Å². The summed E-state index contributed by atoms with van der Waals surface area (Å²) in [5.74, 6) is 0.345. The first-order valence-corrected chi connectivity index (χ1v) is 9.85. The summed E-state index contributed by atoms with van der Waals surface area (Å²) in [6.07, 6.45) is 2.90. The number of nitrogens with one attached hydrogen (secondary N) is 2. The van der Waals surface area contributed by atoms with Gasteiger partial charge >= 0.3 is 0 Å². The average molecular weight is 398 g/mol. The van der Waals surface area contributed by atoms with E-state index in [0.29, 0.717) is 25.0 Å². The zero-order chi connectivity index (χ0) is 20.6. The lowest BCUT2D eigenvalue weighted by molar-refractivity contribution is -0.118. The summed E-state index contributed by atoms with van der Waals surface area (Å²) in [6.45, 7) is 2.68. The summed E-state index contributed by atoms with van der Waals surface area (Å²) in [5, 5.41) is 15.1. The molecule has 2 aromatic rings. The molecule has 0 spiro atoms. The molecule has 0 bridgehead atoms. The molecule has 0 aromatic heterocycles. The summed E-state index contributed by atoms with van der Waals surface area (Å²) >= 11 is 0. The van der Waals surface area contributed by atoms with Crippen molar-refractivity contribution in [2.75, 3.05) is 13.2 Å². The molecule has 0 fully saturated rings. The van der Waals surface area contributed by atoms with E-state index in [4.69, 9.17) is 9.84 Å². The van der Waals surface area contributed by atoms with Crippen LogP contribution in [0.4, 0.5) is 4.39 Å². The third-order valence-electron chi connectivity index (χ3n) is 4.94. The van der Waals surface area contributed by atoms with Gasteiger partial charge in [0.1, 0.15) is 17.7 Å². The standard InChI is InChI=1S/C23H27FN2O3/c1-16-4-2-3-5-22(16)29-21-13-18(23(28)25-10-11-27)12-20(14-21)26-15-17-6-8-19(24)9-7-17/h2-9,13,20-21,26-27H,10-12,14-15H2,1H3,(H,25,28). The molecule has 1 aliphatic rings. The van der Waals surface area contributed by atoms with Crippen molar-refractivity contribution in [2.45, 2.75) is 38.5 Å². The van der Waals surface area contributed by atoms with Gasteiger partial charge in [-0.1, -0.05) is 30.3 Å². The summed E-state index contributed by atoms with van der Waals surface area (Å²) in [7, 11) is 0. The zero-order valence-corrected chi connectivity index (χ0v) is 16.5. The summed E-state index contributed by atoms with van der Waals surface area (Å²) in [5.41, 5.74) is 2.65. The Kier molecular flexibility index (Phi) is 7.38. The number of rotatable bonds is 8. The van der Waals surface area contributed by atoms with Crippen LogP contribution in [0.15, 0.2) is 60.2 Å². The highest BCUT2D eigenvalue weighted by atomic mass is 19.1. The van der Waals surface area contributed by atoms with Gasteiger partial charge in [0.25, 0.3) is 0 Å². The van der Waals surface area contributed by atoms with Gasteiger partial charge in [-0.2, -0.15) is 0 Å². The van der Waals surface area contributed by atoms with Gasteiger partial charge in [0.15, 0.2) is 0 Å². The van der Waals surface area contributed by atoms with E-state index in [1.54, 1.807) is 12.1 Å². The lowest BCUT2D eigenvalue weighted by atomic mass is 9.91. The van der Waals surface area contributed by atoms with Crippen LogP contribution in [0, 0.1) is 12.7 Å². The van der Waals surface area contributed by atoms with Crippen LogP contribution in [0.25, 0.3) is 0 Å². The number of hydrogen-bond donors (Lipinski definition) is 3. The molecule has 0 saturated heterocycles. The van der Waals surface area contributed by atoms with E-state index >= 15 is 0 Å². The van der Waals surface area contributed by atoms with Crippen molar-refractivity contribution >= 4 is 5.91 Å². The molecule has 29 heavy (non-hydrogen) atoms. The van der Waals surface area contributed by atoms with Gasteiger partial charge in [-0.3, -0.25) is 4.79 Å². The number of para-hydroxylation sites is 1. The Balaban J connectivity index is 1.70. The van der Waals surface area contributed by atoms with Crippen molar-refractivity contribution in [3.05, 3.63) is 77.1 Å². The number of benzene rings is 2. The Morgan fingerprint density at radius 3 is 2.69 bits per heavy atom. The summed E-state index contributed by atoms with van der Waals surface area (Å²) in [6, 6.07) is 14.2. The smallest absolute Gasteiger partial charge is 0.247 e. The molecule has 6 heteroatoms. The molecule has 0 radical (unpaired) electrons. The second-order valence-electron chi connectivity index (χ2n) is 7.24. The van der Waals surface area contributed by atoms with E-state index in [1.807, 2.05) is 37.3 Å². The Labute approximate surface area is 170 Å². The molecule has 5 nitrogen and oxygen atoms in total. The average Bonchev–Trinajstić information content (AvgIpc) is 2.73. The highest BCUT2D eigenvalue weighted by Crippen LogP contribution is 2.26. The second-order valence-corrected chi connectivity index (χ2v) is 7.24. The Bertz CT molecular complexity index is 851. The fourth-order valence-corrected chi connectivity index (χ4v) is 3.39. The van der Waals surface area contributed by atoms with Crippen molar-refractivity contribution in [3.63, 3.8) is 0 Å². The molecular formula is C23H27FN2O3. The fraction of sp³-hybridized carbons (Fsp3) is 0.348. The minimum Gasteiger partial charge on any atom is -0.486 e. The highest BCUT2D eigenvalue weighted by molar-refractivity contribution is 5.93. The lowest BCUT2D eigenvalue weighted by Crippen LogP contribution is -2.40. The maximum absolute atomic E-state index is 13.1. The largest absolute Gasteiger partial charge is 0.486 e. The van der Waals surface area contributed by atoms with Crippen molar-refractivity contribution < 1.29 is 19.0 Å². The Morgan fingerprint density at radius 1 is 1.21 bits per heavy atom. The zero-order valence-electron chi connectivity index (χ0n) is 16.5. The highest BCUT2D eigenvalue weighted by Gasteiger charge is 2.27. The van der Waals surface area contributed by atoms with Crippen LogP contribution < -0.4 is 15.4 Å². The van der Waals surface area contributed by atoms with Crippen molar-refractivity contribution in [1.82, 2.24) is 10.6 Å². The SMILES string of the molecule is Cc1ccccc1OC1C=C(C(=O)NCCO)CC(NCc2ccc(F)cc2)C1. The van der Waals surface area contributed by atoms with Crippen LogP contribution in [0.2, 0.25) is 0 Å². The number of ether oxygens (including phenoxy) is 1. The maximum Gasteiger partial charge on any atom is 0.247 e. The second kappa shape index (κ2) is 10.2. The number of aliphatic hydroxyl groups is 1. The predicted octanol–water partition coefficient (Wildman–Crippen LogP) is 2.87. The monoisotopic (exact) mass is 398 g/mol. The number of halogens is 1. The first kappa shape index (κ1) is 21.0. The van der Waals surface area contributed by atoms with Crippen molar-refractivity contribution in [2.24, 2.45) is 0 Å². The molecule has 3 N–H and O–H groups in total. The summed E-state index contributed by atoms with van der Waals surface area (Å²) < 4.78 is 19.3. The first-order chi connectivity index (χ1) is 14.0. The van der Waals surface area contributed by atoms with Crippen LogP contribution in [0.3, 0.4) is 0 Å². The fourth-order valence-electron chi connectivity index (χ4n) is 3.39. The van der Waals surface area contributed by atoms with E-state index in [0.717, 1.165) is 16.9 Å². The minimum atomic E-state index is -0.260. The number of carbonyl (C=O) groups is 1. The third-order valence-corrected chi connectivity index (χ3v) is 4.94. The molecule has 0 saturated carbocycles. The maximum atomic E-state index is 13.1. The number of aryl methyl sites for hydroxylation is 1. The van der Waals surface area contributed by atoms with Crippen LogP contribution in [-0.2, 0) is 11.3 Å². The van der Waals surface area contributed by atoms with Crippen LogP contribution >= 0.6 is 0 Å². The molecule has 1 aliphatic carbocycles. The van der Waals surface area contributed by atoms with Crippen molar-refractivity contribution in [3.8, 4) is 5.75 Å². The Morgan fingerprint density at radius 2 is 1.97 bits per heavy atom. The number of carbonyl (C=O) groups excluding carboxylic acids is 1. The van der Waals surface area contributed by atoms with Crippen molar-refractivity contribution in [1.29, 1.82) is 0 Å². The van der Waals surface area contributed by atoms with Gasteiger partial charge in [-0.15, -0.1) is 0 Å². The molecule has 3 rings (SSSR count). The van der Waals surface area contributed by atoms with E-state index in [-0.39, 0.29) is 37.0 Å². The van der Waals surface area contributed by atoms with Crippen LogP contribution in [-0.4, -0.2) is 36.3 Å². The molecule has 2 unspecified atom stereocenters. The third kappa shape index (κ3) is 6.14. The van der Waals surface area contributed by atoms with Crippen LogP contribution in [0.5, 0.6) is 5.75 Å². The molecule has 154 valence electrons. The number of aliphatic hydroxyl groups excluding tert-OH is 1. The molecule has 2 atom stereocenters. The van der Waals surface area contributed by atoms with Gasteiger partial charge < -0.3 is 20.5 Å². The molecular weight excluding hydrogens is 371 g/mol. The first-order valence-electron chi connectivity index (χ1n) is 9.85. The molecule has 1 amide bonds. The predicted molar refractivity (Wildman–Crippen MR) is 110 cm³/mol. The van der Waals surface area contributed by atoms with E-state index in [9.17, 15) is 9.18 Å². The minimum absolute atomic E-state index is 0.0361. The van der Waals surface area contributed by atoms with E-state index in [2.05, 4.69) is 10.6 Å². The van der Waals surface area contributed by atoms with Gasteiger partial charge in [0, 0.05) is 31.1 Å². The lowest BCUT2D eigenvalue weighted by Gasteiger charge is -2.30. The van der Waals surface area contributed by atoms with E-state index < -0.39 is 0 Å².